The van der Waals surface area contributed by atoms with Crippen LogP contribution in [0.15, 0.2) is 48.5 Å². The second kappa shape index (κ2) is 5.75. The zero-order valence-corrected chi connectivity index (χ0v) is 11.0. The van der Waals surface area contributed by atoms with Crippen molar-refractivity contribution in [1.82, 2.24) is 5.32 Å². The van der Waals surface area contributed by atoms with Crippen LogP contribution in [0.25, 0.3) is 0 Å². The molecule has 0 spiro atoms. The fourth-order valence-electron chi connectivity index (χ4n) is 2.09. The van der Waals surface area contributed by atoms with Crippen molar-refractivity contribution in [2.45, 2.75) is 6.54 Å². The molecule has 0 fully saturated rings. The smallest absolute Gasteiger partial charge is 0.231 e. The summed E-state index contributed by atoms with van der Waals surface area (Å²) >= 11 is 0. The predicted octanol–water partition coefficient (Wildman–Crippen LogP) is 2.39. The van der Waals surface area contributed by atoms with Crippen molar-refractivity contribution >= 4 is 5.78 Å². The molecule has 0 unspecified atom stereocenters. The first-order valence-corrected chi connectivity index (χ1v) is 6.50. The molecule has 20 heavy (non-hydrogen) atoms. The number of nitrogens with one attached hydrogen (secondary N) is 1. The van der Waals surface area contributed by atoms with E-state index < -0.39 is 0 Å². The normalized spacial score (nSPS) is 12.4. The largest absolute Gasteiger partial charge is 0.454 e. The average molecular weight is 269 g/mol. The molecule has 0 aromatic heterocycles. The summed E-state index contributed by atoms with van der Waals surface area (Å²) in [7, 11) is 0. The SMILES string of the molecule is O=C(CNCc1ccccc1)c1ccc2c(c1)OCO2. The van der Waals surface area contributed by atoms with Gasteiger partial charge in [-0.3, -0.25) is 4.79 Å². The number of fused-ring (bicyclic) bond motifs is 1. The van der Waals surface area contributed by atoms with Gasteiger partial charge in [0.1, 0.15) is 0 Å². The summed E-state index contributed by atoms with van der Waals surface area (Å²) in [6.07, 6.45) is 0. The second-order valence-corrected chi connectivity index (χ2v) is 4.58. The molecule has 1 N–H and O–H groups in total. The summed E-state index contributed by atoms with van der Waals surface area (Å²) < 4.78 is 10.5. The molecule has 1 aliphatic heterocycles. The highest BCUT2D eigenvalue weighted by Crippen LogP contribution is 2.32. The number of benzene rings is 2. The van der Waals surface area contributed by atoms with E-state index in [0.29, 0.717) is 30.2 Å². The van der Waals surface area contributed by atoms with Crippen LogP contribution in [0.3, 0.4) is 0 Å². The molecule has 3 rings (SSSR count). The lowest BCUT2D eigenvalue weighted by molar-refractivity contribution is 0.0990. The molecule has 0 aliphatic carbocycles. The van der Waals surface area contributed by atoms with Crippen molar-refractivity contribution in [2.75, 3.05) is 13.3 Å². The molecule has 2 aromatic rings. The van der Waals surface area contributed by atoms with Crippen molar-refractivity contribution in [3.8, 4) is 11.5 Å². The van der Waals surface area contributed by atoms with Gasteiger partial charge in [0.25, 0.3) is 0 Å². The Labute approximate surface area is 117 Å². The molecule has 0 atom stereocenters. The highest BCUT2D eigenvalue weighted by Gasteiger charge is 2.15. The number of hydrogen-bond donors (Lipinski definition) is 1. The van der Waals surface area contributed by atoms with Crippen LogP contribution < -0.4 is 14.8 Å². The molecule has 4 heteroatoms. The number of carbonyl (C=O) groups is 1. The van der Waals surface area contributed by atoms with Crippen LogP contribution >= 0.6 is 0 Å². The zero-order valence-electron chi connectivity index (χ0n) is 11.0. The Hall–Kier alpha value is -2.33. The monoisotopic (exact) mass is 269 g/mol. The van der Waals surface area contributed by atoms with Crippen LogP contribution in [-0.2, 0) is 6.54 Å². The van der Waals surface area contributed by atoms with E-state index >= 15 is 0 Å². The van der Waals surface area contributed by atoms with Crippen molar-refractivity contribution in [2.24, 2.45) is 0 Å². The Morgan fingerprint density at radius 3 is 2.70 bits per heavy atom. The van der Waals surface area contributed by atoms with E-state index in [4.69, 9.17) is 9.47 Å². The van der Waals surface area contributed by atoms with Crippen LogP contribution in [0.1, 0.15) is 15.9 Å². The molecular formula is C16H15NO3. The third-order valence-electron chi connectivity index (χ3n) is 3.15. The lowest BCUT2D eigenvalue weighted by atomic mass is 10.1. The van der Waals surface area contributed by atoms with Crippen LogP contribution in [0.2, 0.25) is 0 Å². The zero-order chi connectivity index (χ0) is 13.8. The van der Waals surface area contributed by atoms with Crippen molar-refractivity contribution in [3.63, 3.8) is 0 Å². The molecule has 4 nitrogen and oxygen atoms in total. The number of hydrogen-bond acceptors (Lipinski definition) is 4. The van der Waals surface area contributed by atoms with E-state index in [2.05, 4.69) is 5.32 Å². The van der Waals surface area contributed by atoms with Gasteiger partial charge in [0.2, 0.25) is 6.79 Å². The first-order valence-electron chi connectivity index (χ1n) is 6.50. The van der Waals surface area contributed by atoms with E-state index in [1.54, 1.807) is 18.2 Å². The first-order chi connectivity index (χ1) is 9.83. The van der Waals surface area contributed by atoms with Crippen molar-refractivity contribution < 1.29 is 14.3 Å². The molecule has 2 aromatic carbocycles. The van der Waals surface area contributed by atoms with E-state index in [9.17, 15) is 4.79 Å². The fraction of sp³-hybridized carbons (Fsp3) is 0.188. The highest BCUT2D eigenvalue weighted by atomic mass is 16.7. The average Bonchev–Trinajstić information content (AvgIpc) is 2.95. The fourth-order valence-corrected chi connectivity index (χ4v) is 2.09. The Bertz CT molecular complexity index is 610. The Balaban J connectivity index is 1.57. The Kier molecular flexibility index (Phi) is 3.65. The summed E-state index contributed by atoms with van der Waals surface area (Å²) in [6, 6.07) is 15.3. The minimum absolute atomic E-state index is 0.0410. The number of ketones is 1. The summed E-state index contributed by atoms with van der Waals surface area (Å²) in [5, 5.41) is 3.15. The maximum atomic E-state index is 12.1. The quantitative estimate of drug-likeness (QED) is 0.847. The van der Waals surface area contributed by atoms with Crippen LogP contribution in [0.5, 0.6) is 11.5 Å². The van der Waals surface area contributed by atoms with E-state index in [-0.39, 0.29) is 12.6 Å². The summed E-state index contributed by atoms with van der Waals surface area (Å²) in [5.74, 6) is 1.37. The first kappa shape index (κ1) is 12.7. The topological polar surface area (TPSA) is 47.6 Å². The number of carbonyl (C=O) groups excluding carboxylic acids is 1. The molecular weight excluding hydrogens is 254 g/mol. The maximum absolute atomic E-state index is 12.1. The van der Waals surface area contributed by atoms with Crippen LogP contribution in [0, 0.1) is 0 Å². The van der Waals surface area contributed by atoms with Crippen molar-refractivity contribution in [1.29, 1.82) is 0 Å². The van der Waals surface area contributed by atoms with E-state index in [1.165, 1.54) is 0 Å². The second-order valence-electron chi connectivity index (χ2n) is 4.58. The highest BCUT2D eigenvalue weighted by molar-refractivity contribution is 5.98. The molecule has 0 saturated heterocycles. The third-order valence-corrected chi connectivity index (χ3v) is 3.15. The molecule has 0 amide bonds. The molecule has 0 bridgehead atoms. The van der Waals surface area contributed by atoms with Crippen LogP contribution in [-0.4, -0.2) is 19.1 Å². The van der Waals surface area contributed by atoms with Gasteiger partial charge in [-0.05, 0) is 23.8 Å². The summed E-state index contributed by atoms with van der Waals surface area (Å²) in [6.45, 7) is 1.20. The van der Waals surface area contributed by atoms with Gasteiger partial charge in [0, 0.05) is 12.1 Å². The van der Waals surface area contributed by atoms with Gasteiger partial charge in [-0.1, -0.05) is 30.3 Å². The molecule has 1 heterocycles. The third kappa shape index (κ3) is 2.81. The standard InChI is InChI=1S/C16H15NO3/c18-14(10-17-9-12-4-2-1-3-5-12)13-6-7-15-16(8-13)20-11-19-15/h1-8,17H,9-11H2. The van der Waals surface area contributed by atoms with Gasteiger partial charge >= 0.3 is 0 Å². The van der Waals surface area contributed by atoms with Gasteiger partial charge < -0.3 is 14.8 Å². The Morgan fingerprint density at radius 2 is 1.85 bits per heavy atom. The minimum Gasteiger partial charge on any atom is -0.454 e. The number of ether oxygens (including phenoxy) is 2. The van der Waals surface area contributed by atoms with Crippen molar-refractivity contribution in [3.05, 3.63) is 59.7 Å². The molecule has 102 valence electrons. The van der Waals surface area contributed by atoms with Crippen LogP contribution in [0.4, 0.5) is 0 Å². The molecule has 0 radical (unpaired) electrons. The van der Waals surface area contributed by atoms with Gasteiger partial charge in [-0.25, -0.2) is 0 Å². The lowest BCUT2D eigenvalue weighted by Gasteiger charge is -2.05. The van der Waals surface area contributed by atoms with Gasteiger partial charge in [0.15, 0.2) is 17.3 Å². The number of rotatable bonds is 5. The molecule has 1 aliphatic rings. The predicted molar refractivity (Wildman–Crippen MR) is 75.0 cm³/mol. The number of Topliss-reactive ketones (excluding diaryl/α,β-unsaturated/α-hetero) is 1. The van der Waals surface area contributed by atoms with Gasteiger partial charge in [-0.2, -0.15) is 0 Å². The summed E-state index contributed by atoms with van der Waals surface area (Å²) in [5.41, 5.74) is 1.79. The van der Waals surface area contributed by atoms with E-state index in [0.717, 1.165) is 5.56 Å². The maximum Gasteiger partial charge on any atom is 0.231 e. The molecule has 0 saturated carbocycles. The summed E-state index contributed by atoms with van der Waals surface area (Å²) in [4.78, 5) is 12.1. The van der Waals surface area contributed by atoms with Gasteiger partial charge in [0.05, 0.1) is 6.54 Å². The van der Waals surface area contributed by atoms with Gasteiger partial charge in [-0.15, -0.1) is 0 Å². The lowest BCUT2D eigenvalue weighted by Crippen LogP contribution is -2.22. The van der Waals surface area contributed by atoms with E-state index in [1.807, 2.05) is 30.3 Å². The minimum atomic E-state index is 0.0410. The Morgan fingerprint density at radius 1 is 1.05 bits per heavy atom.